The van der Waals surface area contributed by atoms with E-state index in [1.54, 1.807) is 43.9 Å². The van der Waals surface area contributed by atoms with E-state index in [2.05, 4.69) is 9.97 Å². The minimum Gasteiger partial charge on any atom is -0.496 e. The van der Waals surface area contributed by atoms with E-state index in [4.69, 9.17) is 9.47 Å². The average molecular weight is 334 g/mol. The maximum Gasteiger partial charge on any atom is 0.338 e. The summed E-state index contributed by atoms with van der Waals surface area (Å²) in [5.41, 5.74) is 2.99. The SMILES string of the molecule is COc1ccc(C(=O)OCCc2cccnc2)cc1-c1ccccn1. The molecule has 2 aromatic heterocycles. The molecule has 3 aromatic rings. The lowest BCUT2D eigenvalue weighted by Gasteiger charge is -2.10. The van der Waals surface area contributed by atoms with Gasteiger partial charge in [0.25, 0.3) is 0 Å². The van der Waals surface area contributed by atoms with Crippen LogP contribution in [-0.2, 0) is 11.2 Å². The maximum atomic E-state index is 12.3. The van der Waals surface area contributed by atoms with Gasteiger partial charge in [-0.15, -0.1) is 0 Å². The van der Waals surface area contributed by atoms with Gasteiger partial charge in [-0.1, -0.05) is 12.1 Å². The Bertz CT molecular complexity index is 836. The summed E-state index contributed by atoms with van der Waals surface area (Å²) in [7, 11) is 1.59. The highest BCUT2D eigenvalue weighted by atomic mass is 16.5. The van der Waals surface area contributed by atoms with Crippen LogP contribution in [0.1, 0.15) is 15.9 Å². The third kappa shape index (κ3) is 4.20. The number of hydrogen-bond acceptors (Lipinski definition) is 5. The van der Waals surface area contributed by atoms with E-state index in [0.29, 0.717) is 24.3 Å². The quantitative estimate of drug-likeness (QED) is 0.645. The molecule has 0 saturated carbocycles. The van der Waals surface area contributed by atoms with Crippen LogP contribution >= 0.6 is 0 Å². The second kappa shape index (κ2) is 8.06. The van der Waals surface area contributed by atoms with Crippen LogP contribution in [-0.4, -0.2) is 29.7 Å². The van der Waals surface area contributed by atoms with Crippen molar-refractivity contribution in [1.29, 1.82) is 0 Å². The van der Waals surface area contributed by atoms with E-state index in [0.717, 1.165) is 16.8 Å². The average Bonchev–Trinajstić information content (AvgIpc) is 2.69. The van der Waals surface area contributed by atoms with Crippen LogP contribution in [0.3, 0.4) is 0 Å². The Balaban J connectivity index is 1.72. The molecule has 1 aromatic carbocycles. The molecule has 126 valence electrons. The molecule has 0 aliphatic heterocycles. The van der Waals surface area contributed by atoms with Gasteiger partial charge >= 0.3 is 5.97 Å². The van der Waals surface area contributed by atoms with Gasteiger partial charge in [0.05, 0.1) is 25.0 Å². The standard InChI is InChI=1S/C20H18N2O3/c1-24-19-8-7-16(13-17(19)18-6-2-3-11-22-18)20(23)25-12-9-15-5-4-10-21-14-15/h2-8,10-11,13-14H,9,12H2,1H3. The largest absolute Gasteiger partial charge is 0.496 e. The molecule has 0 bridgehead atoms. The molecular weight excluding hydrogens is 316 g/mol. The second-order valence-electron chi connectivity index (χ2n) is 5.38. The van der Waals surface area contributed by atoms with Crippen molar-refractivity contribution in [3.8, 4) is 17.0 Å². The first-order valence-electron chi connectivity index (χ1n) is 7.93. The third-order valence-corrected chi connectivity index (χ3v) is 3.72. The van der Waals surface area contributed by atoms with Crippen molar-refractivity contribution in [2.75, 3.05) is 13.7 Å². The van der Waals surface area contributed by atoms with E-state index < -0.39 is 0 Å². The lowest BCUT2D eigenvalue weighted by Crippen LogP contribution is -2.08. The van der Waals surface area contributed by atoms with Crippen molar-refractivity contribution in [1.82, 2.24) is 9.97 Å². The second-order valence-corrected chi connectivity index (χ2v) is 5.38. The molecule has 2 heterocycles. The summed E-state index contributed by atoms with van der Waals surface area (Å²) in [6.07, 6.45) is 5.81. The van der Waals surface area contributed by atoms with Gasteiger partial charge in [0.1, 0.15) is 5.75 Å². The summed E-state index contributed by atoms with van der Waals surface area (Å²) < 4.78 is 10.7. The van der Waals surface area contributed by atoms with E-state index >= 15 is 0 Å². The molecular formula is C20H18N2O3. The van der Waals surface area contributed by atoms with Crippen LogP contribution < -0.4 is 4.74 Å². The highest BCUT2D eigenvalue weighted by Gasteiger charge is 2.13. The maximum absolute atomic E-state index is 12.3. The molecule has 0 radical (unpaired) electrons. The van der Waals surface area contributed by atoms with Crippen LogP contribution in [0.25, 0.3) is 11.3 Å². The number of carbonyl (C=O) groups is 1. The monoisotopic (exact) mass is 334 g/mol. The molecule has 0 atom stereocenters. The van der Waals surface area contributed by atoms with Crippen LogP contribution in [0.5, 0.6) is 5.75 Å². The fourth-order valence-electron chi connectivity index (χ4n) is 2.45. The molecule has 0 saturated heterocycles. The van der Waals surface area contributed by atoms with E-state index in [1.165, 1.54) is 0 Å². The van der Waals surface area contributed by atoms with Gasteiger partial charge < -0.3 is 9.47 Å². The Morgan fingerprint density at radius 2 is 2.00 bits per heavy atom. The number of pyridine rings is 2. The van der Waals surface area contributed by atoms with Gasteiger partial charge in [-0.3, -0.25) is 9.97 Å². The van der Waals surface area contributed by atoms with Gasteiger partial charge in [0.15, 0.2) is 0 Å². The van der Waals surface area contributed by atoms with Crippen LogP contribution in [0.4, 0.5) is 0 Å². The molecule has 0 fully saturated rings. The molecule has 3 rings (SSSR count). The number of ether oxygens (including phenoxy) is 2. The number of hydrogen-bond donors (Lipinski definition) is 0. The van der Waals surface area contributed by atoms with Gasteiger partial charge in [-0.05, 0) is 42.0 Å². The van der Waals surface area contributed by atoms with Crippen molar-refractivity contribution in [3.63, 3.8) is 0 Å². The van der Waals surface area contributed by atoms with E-state index in [9.17, 15) is 4.79 Å². The van der Waals surface area contributed by atoms with Crippen LogP contribution in [0.15, 0.2) is 67.1 Å². The summed E-state index contributed by atoms with van der Waals surface area (Å²) in [6, 6.07) is 14.6. The summed E-state index contributed by atoms with van der Waals surface area (Å²) in [5, 5.41) is 0. The van der Waals surface area contributed by atoms with Gasteiger partial charge in [0.2, 0.25) is 0 Å². The number of rotatable bonds is 6. The zero-order chi connectivity index (χ0) is 17.5. The Kier molecular flexibility index (Phi) is 5.36. The zero-order valence-corrected chi connectivity index (χ0v) is 13.9. The highest BCUT2D eigenvalue weighted by Crippen LogP contribution is 2.29. The number of benzene rings is 1. The summed E-state index contributed by atoms with van der Waals surface area (Å²) in [4.78, 5) is 20.7. The molecule has 0 spiro atoms. The summed E-state index contributed by atoms with van der Waals surface area (Å²) in [5.74, 6) is 0.286. The Labute approximate surface area is 146 Å². The van der Waals surface area contributed by atoms with Crippen molar-refractivity contribution in [2.45, 2.75) is 6.42 Å². The van der Waals surface area contributed by atoms with Gasteiger partial charge in [-0.2, -0.15) is 0 Å². The summed E-state index contributed by atoms with van der Waals surface area (Å²) >= 11 is 0. The van der Waals surface area contributed by atoms with Crippen molar-refractivity contribution < 1.29 is 14.3 Å². The first kappa shape index (κ1) is 16.6. The normalized spacial score (nSPS) is 10.3. The molecule has 0 N–H and O–H groups in total. The molecule has 0 aliphatic carbocycles. The van der Waals surface area contributed by atoms with Crippen molar-refractivity contribution >= 4 is 5.97 Å². The number of esters is 1. The number of carbonyl (C=O) groups excluding carboxylic acids is 1. The predicted octanol–water partition coefficient (Wildman–Crippen LogP) is 3.55. The number of methoxy groups -OCH3 is 1. The minimum atomic E-state index is -0.372. The smallest absolute Gasteiger partial charge is 0.338 e. The molecule has 0 unspecified atom stereocenters. The Hall–Kier alpha value is -3.21. The van der Waals surface area contributed by atoms with E-state index in [1.807, 2.05) is 30.3 Å². The van der Waals surface area contributed by atoms with E-state index in [-0.39, 0.29) is 5.97 Å². The molecule has 5 nitrogen and oxygen atoms in total. The van der Waals surface area contributed by atoms with Gasteiger partial charge in [0, 0.05) is 30.6 Å². The fraction of sp³-hybridized carbons (Fsp3) is 0.150. The number of aromatic nitrogens is 2. The molecule has 0 amide bonds. The first-order valence-corrected chi connectivity index (χ1v) is 7.93. The molecule has 5 heteroatoms. The Morgan fingerprint density at radius 3 is 2.72 bits per heavy atom. The number of nitrogens with zero attached hydrogens (tertiary/aromatic N) is 2. The fourth-order valence-corrected chi connectivity index (χ4v) is 2.45. The first-order chi connectivity index (χ1) is 12.3. The van der Waals surface area contributed by atoms with Crippen LogP contribution in [0, 0.1) is 0 Å². The Morgan fingerprint density at radius 1 is 1.08 bits per heavy atom. The lowest BCUT2D eigenvalue weighted by molar-refractivity contribution is 0.0509. The minimum absolute atomic E-state index is 0.301. The lowest BCUT2D eigenvalue weighted by atomic mass is 10.1. The van der Waals surface area contributed by atoms with Crippen LogP contribution in [0.2, 0.25) is 0 Å². The third-order valence-electron chi connectivity index (χ3n) is 3.72. The zero-order valence-electron chi connectivity index (χ0n) is 13.9. The predicted molar refractivity (Wildman–Crippen MR) is 94.4 cm³/mol. The molecule has 25 heavy (non-hydrogen) atoms. The van der Waals surface area contributed by atoms with Crippen molar-refractivity contribution in [2.24, 2.45) is 0 Å². The van der Waals surface area contributed by atoms with Gasteiger partial charge in [-0.25, -0.2) is 4.79 Å². The molecule has 0 aliphatic rings. The highest BCUT2D eigenvalue weighted by molar-refractivity contribution is 5.91. The topological polar surface area (TPSA) is 61.3 Å². The van der Waals surface area contributed by atoms with Crippen molar-refractivity contribution in [3.05, 3.63) is 78.2 Å². The summed E-state index contributed by atoms with van der Waals surface area (Å²) in [6.45, 7) is 0.301.